The number of nitro benzene ring substituents is 2. The summed E-state index contributed by atoms with van der Waals surface area (Å²) in [4.78, 5) is 64.8. The SMILES string of the molecule is COC(=O)c1ccc(N)cc1.COC(=O)c1ccc(NS(=O)(=O)c2ccc(Cl)c3nonc23)cc1.O=CO[O-].O=S(=O)(Cl)c1ccc(Cl)c2nonc12.O=[N+]([O-])c1ccc(Cl)c2nonc12.O=[N+]([O-])c1ccc(Sc2cccc3cccnc23)c2nonc12.Sc1cccc2cccnc12.[H-].[K+].[K+]. The van der Waals surface area contributed by atoms with Crippen LogP contribution in [0, 0.1) is 20.2 Å². The molecule has 43 heteroatoms. The number of nitro groups is 2. The summed E-state index contributed by atoms with van der Waals surface area (Å²) in [6.07, 6.45) is 3.51. The Morgan fingerprint density at radius 3 is 1.42 bits per heavy atom. The number of carbonyl (C=O) groups is 3. The van der Waals surface area contributed by atoms with Gasteiger partial charge in [-0.3, -0.25) is 39.7 Å². The van der Waals surface area contributed by atoms with E-state index in [1.165, 1.54) is 92.7 Å². The number of ether oxygens (including phenoxy) is 2. The first-order chi connectivity index (χ1) is 47.9. The molecular weight excluding hydrogens is 1560 g/mol. The van der Waals surface area contributed by atoms with E-state index in [0.717, 1.165) is 36.5 Å². The Balaban J connectivity index is 0.000000224. The first-order valence-electron chi connectivity index (χ1n) is 27.0. The van der Waals surface area contributed by atoms with Gasteiger partial charge in [-0.05, 0) is 150 Å². The van der Waals surface area contributed by atoms with Crippen LogP contribution < -0.4 is 118 Å². The fraction of sp³-hybridized carbons (Fsp3) is 0.0339. The third kappa shape index (κ3) is 21.5. The number of anilines is 2. The summed E-state index contributed by atoms with van der Waals surface area (Å²) >= 11 is 23.0. The predicted molar refractivity (Wildman–Crippen MR) is 362 cm³/mol. The van der Waals surface area contributed by atoms with Crippen LogP contribution in [0.3, 0.4) is 0 Å². The average Bonchev–Trinajstić information content (AvgIpc) is 1.75. The quantitative estimate of drug-likeness (QED) is 0.0153. The first-order valence-corrected chi connectivity index (χ1v) is 33.2. The van der Waals surface area contributed by atoms with Gasteiger partial charge >= 0.3 is 126 Å². The molecule has 0 saturated carbocycles. The van der Waals surface area contributed by atoms with Gasteiger partial charge in [0.05, 0.1) is 61.3 Å². The molecule has 0 aliphatic rings. The van der Waals surface area contributed by atoms with Crippen molar-refractivity contribution >= 4 is 196 Å². The zero-order chi connectivity index (χ0) is 72.3. The fourth-order valence-electron chi connectivity index (χ4n) is 8.18. The first kappa shape index (κ1) is 82.9. The summed E-state index contributed by atoms with van der Waals surface area (Å²) in [7, 11) is -0.0446. The van der Waals surface area contributed by atoms with Crippen LogP contribution in [0.1, 0.15) is 22.1 Å². The standard InChI is InChI=1S/C15H8N4O3S.C14H10ClN3O5S.C9H7NS.C8H9NO2.C6H2Cl2N2O3S.C6H2ClN3O3.CH2O3.2K.H/c20-19(21)10-6-7-12(15-14(10)17-22-18-15)23-11-5-1-3-9-4-2-8-16-13(9)11;1-22-14(19)8-2-4-9(5-3-8)18-24(20,21)11-7-6-10(15)12-13(11)17-23-16-12;11-8-5-1-3-7-4-2-6-10-9(7)8;1-11-8(10)6-2-4-7(9)5-3-6;7-3-1-2-4(14(8,11)12)6-5(3)9-13-10-6;7-3-1-2-4(10(11)12)6-5(3)8-13-9-6;2-1-4-3;;;/h1-8H;2-7,18H,1H3;1-6,11H;2-5H,9H2,1H3;1-2H;1-2H;1,3H;;;/q;;;;;;;2*+1;-1/p-1. The number of halogens is 4. The van der Waals surface area contributed by atoms with Gasteiger partial charge in [-0.1, -0.05) is 83.0 Å². The number of methoxy groups -OCH3 is 2. The topological polar surface area (TPSA) is 476 Å². The Hall–Kier alpha value is -8.02. The molecule has 6 heterocycles. The number of hydrogen-bond acceptors (Lipinski definition) is 32. The van der Waals surface area contributed by atoms with E-state index in [4.69, 9.17) is 61.3 Å². The van der Waals surface area contributed by atoms with E-state index in [0.29, 0.717) is 22.3 Å². The number of fused-ring (bicyclic) bond motifs is 6. The summed E-state index contributed by atoms with van der Waals surface area (Å²) in [6, 6.07) is 43.0. The van der Waals surface area contributed by atoms with E-state index in [1.54, 1.807) is 42.7 Å². The summed E-state index contributed by atoms with van der Waals surface area (Å²) < 4.78 is 76.7. The summed E-state index contributed by atoms with van der Waals surface area (Å²) in [5, 5.41) is 61.2. The molecule has 8 aromatic carbocycles. The molecule has 0 radical (unpaired) electrons. The van der Waals surface area contributed by atoms with Gasteiger partial charge in [0, 0.05) is 72.0 Å². The molecule has 33 nitrogen and oxygen atoms in total. The number of sulfonamides is 1. The minimum atomic E-state index is -3.95. The van der Waals surface area contributed by atoms with Crippen LogP contribution in [-0.2, 0) is 38.2 Å². The number of nitrogens with two attached hydrogens (primary N) is 1. The van der Waals surface area contributed by atoms with Gasteiger partial charge < -0.3 is 26.8 Å². The van der Waals surface area contributed by atoms with E-state index in [9.17, 15) is 46.7 Å². The maximum atomic E-state index is 12.5. The number of aromatic nitrogens is 10. The number of nitrogens with one attached hydrogen (secondary N) is 1. The molecule has 0 saturated heterocycles. The number of nitrogen functional groups attached to an aromatic ring is 1. The Bertz CT molecular complexity index is 5540. The van der Waals surface area contributed by atoms with Crippen LogP contribution in [0.4, 0.5) is 22.7 Å². The van der Waals surface area contributed by atoms with Gasteiger partial charge in [0.2, 0.25) is 11.0 Å². The van der Waals surface area contributed by atoms with E-state index in [2.05, 4.69) is 101 Å². The molecule has 0 fully saturated rings. The van der Waals surface area contributed by atoms with Crippen LogP contribution in [0.25, 0.3) is 65.9 Å². The van der Waals surface area contributed by atoms with Gasteiger partial charge in [0.1, 0.15) is 9.79 Å². The van der Waals surface area contributed by atoms with Crippen molar-refractivity contribution < 1.29 is 183 Å². The third-order valence-electron chi connectivity index (χ3n) is 12.7. The second kappa shape index (κ2) is 39.0. The molecule has 0 amide bonds. The molecule has 0 spiro atoms. The molecule has 14 rings (SSSR count). The molecule has 6 aromatic heterocycles. The largest absolute Gasteiger partial charge is 1.00 e. The molecular formula is C59H40Cl4K2N14O19S4. The number of rotatable bonds is 11. The van der Waals surface area contributed by atoms with Crippen molar-refractivity contribution in [1.82, 2.24) is 51.2 Å². The van der Waals surface area contributed by atoms with Gasteiger partial charge in [-0.2, -0.15) is 0 Å². The van der Waals surface area contributed by atoms with Crippen molar-refractivity contribution in [3.05, 3.63) is 217 Å². The van der Waals surface area contributed by atoms with Crippen molar-refractivity contribution in [1.29, 1.82) is 0 Å². The van der Waals surface area contributed by atoms with Crippen LogP contribution >= 0.6 is 69.9 Å². The number of carbonyl (C=O) groups excluding carboxylic acids is 3. The smallest absolute Gasteiger partial charge is 1.00 e. The zero-order valence-corrected chi connectivity index (χ0v) is 64.7. The second-order valence-electron chi connectivity index (χ2n) is 18.8. The van der Waals surface area contributed by atoms with E-state index in [1.807, 2.05) is 60.7 Å². The number of hydrogen-bond donors (Lipinski definition) is 3. The minimum absolute atomic E-state index is 0. The number of pyridine rings is 2. The van der Waals surface area contributed by atoms with Gasteiger partial charge in [0.25, 0.3) is 25.5 Å². The van der Waals surface area contributed by atoms with Crippen molar-refractivity contribution in [3.8, 4) is 0 Å². The molecule has 0 bridgehead atoms. The van der Waals surface area contributed by atoms with Gasteiger partial charge in [0.15, 0.2) is 33.1 Å². The summed E-state index contributed by atoms with van der Waals surface area (Å²) in [5.41, 5.74) is 9.86. The Morgan fingerprint density at radius 1 is 0.539 bits per heavy atom. The number of para-hydroxylation sites is 2. The number of esters is 2. The maximum Gasteiger partial charge on any atom is 1.00 e. The average molecular weight is 1600 g/mol. The van der Waals surface area contributed by atoms with Crippen LogP contribution in [0.2, 0.25) is 15.1 Å². The summed E-state index contributed by atoms with van der Waals surface area (Å²) in [5.74, 6) is -0.859. The van der Waals surface area contributed by atoms with Crippen molar-refractivity contribution in [2.24, 2.45) is 0 Å². The predicted octanol–water partition coefficient (Wildman–Crippen LogP) is 6.02. The van der Waals surface area contributed by atoms with E-state index >= 15 is 0 Å². The Kier molecular flexibility index (Phi) is 31.7. The molecule has 514 valence electrons. The normalized spacial score (nSPS) is 10.5. The molecule has 102 heavy (non-hydrogen) atoms. The monoisotopic (exact) mass is 1590 g/mol. The second-order valence-corrected chi connectivity index (χ2v) is 25.8. The molecule has 0 aliphatic carbocycles. The molecule has 14 aromatic rings. The van der Waals surface area contributed by atoms with Crippen LogP contribution in [0.5, 0.6) is 0 Å². The van der Waals surface area contributed by atoms with Crippen LogP contribution in [-0.4, -0.2) is 111 Å². The third-order valence-corrected chi connectivity index (χ3v) is 17.8. The van der Waals surface area contributed by atoms with Crippen LogP contribution in [0.15, 0.2) is 213 Å². The Morgan fingerprint density at radius 2 is 0.931 bits per heavy atom. The number of thiol groups is 1. The molecule has 0 unspecified atom stereocenters. The molecule has 3 N–H and O–H groups in total. The van der Waals surface area contributed by atoms with Crippen molar-refractivity contribution in [2.75, 3.05) is 24.7 Å². The maximum absolute atomic E-state index is 12.5. The van der Waals surface area contributed by atoms with Gasteiger partial charge in [-0.25, -0.2) is 44.9 Å². The number of non-ortho nitro benzene ring substituents is 2. The fourth-order valence-corrected chi connectivity index (χ4v) is 12.2. The number of nitrogens with zero attached hydrogens (tertiary/aromatic N) is 12. The molecule has 0 atom stereocenters. The molecule has 0 aliphatic heterocycles. The number of benzene rings is 8. The van der Waals surface area contributed by atoms with Gasteiger partial charge in [-0.15, -0.1) is 12.6 Å². The van der Waals surface area contributed by atoms with E-state index in [-0.39, 0.29) is 197 Å². The van der Waals surface area contributed by atoms with Crippen molar-refractivity contribution in [2.45, 2.75) is 24.5 Å². The zero-order valence-electron chi connectivity index (χ0n) is 53.1. The van der Waals surface area contributed by atoms with E-state index < -0.39 is 34.9 Å². The van der Waals surface area contributed by atoms with Crippen molar-refractivity contribution in [3.63, 3.8) is 0 Å². The summed E-state index contributed by atoms with van der Waals surface area (Å²) in [6.45, 7) is -0.181. The minimum Gasteiger partial charge on any atom is -1.00 e. The Labute approximate surface area is 687 Å².